The van der Waals surface area contributed by atoms with Crippen LogP contribution in [0.3, 0.4) is 0 Å². The van der Waals surface area contributed by atoms with Crippen molar-refractivity contribution in [1.82, 2.24) is 10.6 Å². The van der Waals surface area contributed by atoms with E-state index in [0.29, 0.717) is 6.42 Å². The van der Waals surface area contributed by atoms with Crippen molar-refractivity contribution in [3.63, 3.8) is 0 Å². The fraction of sp³-hybridized carbons (Fsp3) is 0.962. The predicted octanol–water partition coefficient (Wildman–Crippen LogP) is -9.12. The molecular formula is C26H53N7O13. The molecule has 17 unspecified atom stereocenters. The molecule has 0 aromatic rings. The minimum absolute atomic E-state index is 0.00902. The molecule has 0 aromatic carbocycles. The first-order chi connectivity index (χ1) is 21.7. The summed E-state index contributed by atoms with van der Waals surface area (Å²) >= 11 is 0. The number of aliphatic hydroxyl groups excluding tert-OH is 8. The third kappa shape index (κ3) is 9.46. The standard InChI is InChI=1S/C26H53N7O13/c27-3-1-9(35)6-32-7-13-18(38)19(39)16(31)25(43-13)45-22-10(29)5-11(33-24(42)12(36)2-4-28)23(21(22)41)46-26-20(40)15(30)17(37)14(8-34)44-26/h9-23,25-26,32,34-41H,1-8,27-31H2,(H,33,42). The van der Waals surface area contributed by atoms with Gasteiger partial charge in [-0.05, 0) is 32.4 Å². The number of nitrogens with two attached hydrogens (primary N) is 5. The number of aliphatic hydroxyl groups is 8. The summed E-state index contributed by atoms with van der Waals surface area (Å²) in [6, 6.07) is -4.73. The predicted molar refractivity (Wildman–Crippen MR) is 157 cm³/mol. The van der Waals surface area contributed by atoms with Crippen LogP contribution in [-0.4, -0.2) is 183 Å². The van der Waals surface area contributed by atoms with Gasteiger partial charge < -0.3 is 99.1 Å². The van der Waals surface area contributed by atoms with Crippen molar-refractivity contribution in [3.05, 3.63) is 0 Å². The highest BCUT2D eigenvalue weighted by Crippen LogP contribution is 2.32. The van der Waals surface area contributed by atoms with Gasteiger partial charge in [-0.3, -0.25) is 4.79 Å². The second-order valence-corrected chi connectivity index (χ2v) is 12.1. The first-order valence-corrected chi connectivity index (χ1v) is 15.4. The molecule has 2 aliphatic heterocycles. The molecule has 2 saturated heterocycles. The third-order valence-corrected chi connectivity index (χ3v) is 8.58. The van der Waals surface area contributed by atoms with E-state index in [9.17, 15) is 45.6 Å². The largest absolute Gasteiger partial charge is 0.394 e. The van der Waals surface area contributed by atoms with Gasteiger partial charge in [0.25, 0.3) is 0 Å². The lowest BCUT2D eigenvalue weighted by atomic mass is 9.83. The van der Waals surface area contributed by atoms with Gasteiger partial charge in [-0.2, -0.15) is 0 Å². The Labute approximate surface area is 266 Å². The molecule has 0 bridgehead atoms. The lowest BCUT2D eigenvalue weighted by Crippen LogP contribution is -2.70. The lowest BCUT2D eigenvalue weighted by Gasteiger charge is -2.49. The van der Waals surface area contributed by atoms with Crippen LogP contribution in [0.25, 0.3) is 0 Å². The fourth-order valence-corrected chi connectivity index (χ4v) is 5.77. The summed E-state index contributed by atoms with van der Waals surface area (Å²) in [7, 11) is 0. The average Bonchev–Trinajstić information content (AvgIpc) is 3.01. The highest BCUT2D eigenvalue weighted by molar-refractivity contribution is 5.80. The van der Waals surface area contributed by atoms with E-state index in [2.05, 4.69) is 10.6 Å². The summed E-state index contributed by atoms with van der Waals surface area (Å²) < 4.78 is 23.3. The number of rotatable bonds is 15. The minimum Gasteiger partial charge on any atom is -0.394 e. The molecule has 0 radical (unpaired) electrons. The monoisotopic (exact) mass is 671 g/mol. The Morgan fingerprint density at radius 1 is 0.804 bits per heavy atom. The smallest absolute Gasteiger partial charge is 0.249 e. The van der Waals surface area contributed by atoms with Crippen molar-refractivity contribution in [2.75, 3.05) is 32.8 Å². The second kappa shape index (κ2) is 17.9. The van der Waals surface area contributed by atoms with E-state index in [4.69, 9.17) is 47.6 Å². The summed E-state index contributed by atoms with van der Waals surface area (Å²) in [5.41, 5.74) is 29.3. The Morgan fingerprint density at radius 3 is 2.07 bits per heavy atom. The Bertz CT molecular complexity index is 931. The van der Waals surface area contributed by atoms with Gasteiger partial charge in [0.1, 0.15) is 61.0 Å². The zero-order valence-corrected chi connectivity index (χ0v) is 25.5. The summed E-state index contributed by atoms with van der Waals surface area (Å²) in [4.78, 5) is 12.7. The van der Waals surface area contributed by atoms with Crippen molar-refractivity contribution in [2.24, 2.45) is 28.7 Å². The Balaban J connectivity index is 1.80. The summed E-state index contributed by atoms with van der Waals surface area (Å²) in [6.07, 6.45) is -17.9. The molecule has 3 fully saturated rings. The van der Waals surface area contributed by atoms with Gasteiger partial charge in [0, 0.05) is 19.1 Å². The molecule has 3 aliphatic rings. The number of hydrogen-bond acceptors (Lipinski definition) is 19. The van der Waals surface area contributed by atoms with Gasteiger partial charge in [-0.25, -0.2) is 0 Å². The molecule has 270 valence electrons. The SMILES string of the molecule is NCCC(O)CNCC1OC(OC2C(N)CC(NC(=O)C(O)CCN)C(OC3OC(CO)C(O)C(N)C3O)C2O)C(N)C(O)C1O. The molecule has 1 aliphatic carbocycles. The fourth-order valence-electron chi connectivity index (χ4n) is 5.77. The van der Waals surface area contributed by atoms with Crippen molar-refractivity contribution in [2.45, 2.75) is 123 Å². The lowest BCUT2D eigenvalue weighted by molar-refractivity contribution is -0.320. The topological polar surface area (TPSA) is 370 Å². The highest BCUT2D eigenvalue weighted by Gasteiger charge is 2.52. The molecule has 1 amide bonds. The quantitative estimate of drug-likeness (QED) is 0.0768. The Kier molecular flexibility index (Phi) is 15.3. The van der Waals surface area contributed by atoms with Gasteiger partial charge in [0.2, 0.25) is 5.91 Å². The molecular weight excluding hydrogens is 618 g/mol. The van der Waals surface area contributed by atoms with Crippen LogP contribution in [0, 0.1) is 0 Å². The van der Waals surface area contributed by atoms with Gasteiger partial charge in [0.05, 0.1) is 30.8 Å². The van der Waals surface area contributed by atoms with E-state index in [1.807, 2.05) is 0 Å². The number of amides is 1. The maximum atomic E-state index is 12.7. The highest BCUT2D eigenvalue weighted by atomic mass is 16.7. The maximum absolute atomic E-state index is 12.7. The van der Waals surface area contributed by atoms with Crippen LogP contribution in [0.2, 0.25) is 0 Å². The van der Waals surface area contributed by atoms with Gasteiger partial charge in [0.15, 0.2) is 12.6 Å². The third-order valence-electron chi connectivity index (χ3n) is 8.58. The number of carbonyl (C=O) groups is 1. The van der Waals surface area contributed by atoms with Gasteiger partial charge >= 0.3 is 0 Å². The molecule has 0 aromatic heterocycles. The molecule has 1 saturated carbocycles. The molecule has 2 heterocycles. The average molecular weight is 672 g/mol. The minimum atomic E-state index is -1.70. The zero-order chi connectivity index (χ0) is 34.3. The van der Waals surface area contributed by atoms with E-state index < -0.39 is 116 Å². The Morgan fingerprint density at radius 2 is 1.43 bits per heavy atom. The molecule has 20 nitrogen and oxygen atoms in total. The van der Waals surface area contributed by atoms with E-state index >= 15 is 0 Å². The second-order valence-electron chi connectivity index (χ2n) is 12.1. The zero-order valence-electron chi connectivity index (χ0n) is 25.5. The van der Waals surface area contributed by atoms with Gasteiger partial charge in [-0.15, -0.1) is 0 Å². The number of ether oxygens (including phenoxy) is 4. The van der Waals surface area contributed by atoms with Crippen LogP contribution in [0.15, 0.2) is 0 Å². The summed E-state index contributed by atoms with van der Waals surface area (Å²) in [6.45, 7) is -0.293. The number of hydrogen-bond donors (Lipinski definition) is 15. The Hall–Kier alpha value is -1.25. The maximum Gasteiger partial charge on any atom is 0.249 e. The molecule has 20 N–H and O–H groups in total. The van der Waals surface area contributed by atoms with Crippen molar-refractivity contribution < 1.29 is 64.6 Å². The molecule has 46 heavy (non-hydrogen) atoms. The van der Waals surface area contributed by atoms with Crippen LogP contribution in [0.4, 0.5) is 0 Å². The molecule has 17 atom stereocenters. The van der Waals surface area contributed by atoms with Crippen LogP contribution < -0.4 is 39.3 Å². The van der Waals surface area contributed by atoms with E-state index in [-0.39, 0.29) is 39.0 Å². The van der Waals surface area contributed by atoms with E-state index in [0.717, 1.165) is 0 Å². The van der Waals surface area contributed by atoms with Crippen LogP contribution in [-0.2, 0) is 23.7 Å². The number of carbonyl (C=O) groups excluding carboxylic acids is 1. The normalized spacial score (nSPS) is 43.2. The van der Waals surface area contributed by atoms with Crippen molar-refractivity contribution in [1.29, 1.82) is 0 Å². The first-order valence-electron chi connectivity index (χ1n) is 15.4. The van der Waals surface area contributed by atoms with Crippen molar-refractivity contribution in [3.8, 4) is 0 Å². The number of nitrogens with one attached hydrogen (secondary N) is 2. The molecule has 20 heteroatoms. The first kappa shape index (κ1) is 39.2. The molecule has 0 spiro atoms. The van der Waals surface area contributed by atoms with Crippen LogP contribution in [0.1, 0.15) is 19.3 Å². The summed E-state index contributed by atoms with van der Waals surface area (Å²) in [5, 5.41) is 88.8. The molecule has 3 rings (SSSR count). The van der Waals surface area contributed by atoms with Crippen LogP contribution >= 0.6 is 0 Å². The van der Waals surface area contributed by atoms with Crippen LogP contribution in [0.5, 0.6) is 0 Å². The van der Waals surface area contributed by atoms with Crippen molar-refractivity contribution >= 4 is 5.91 Å². The van der Waals surface area contributed by atoms with E-state index in [1.54, 1.807) is 0 Å². The van der Waals surface area contributed by atoms with Gasteiger partial charge in [-0.1, -0.05) is 0 Å². The van der Waals surface area contributed by atoms with E-state index in [1.165, 1.54) is 0 Å². The summed E-state index contributed by atoms with van der Waals surface area (Å²) in [5.74, 6) is -0.838.